The second-order valence-electron chi connectivity index (χ2n) is 5.04. The van der Waals surface area contributed by atoms with Gasteiger partial charge in [0.2, 0.25) is 0 Å². The van der Waals surface area contributed by atoms with E-state index in [9.17, 15) is 14.4 Å². The molecule has 0 saturated heterocycles. The fraction of sp³-hybridized carbons (Fsp3) is 0.267. The number of rotatable bonds is 4. The largest absolute Gasteiger partial charge is 0.395 e. The molecule has 0 saturated carbocycles. The first-order chi connectivity index (χ1) is 10.6. The molecule has 7 heteroatoms. The zero-order valence-electron chi connectivity index (χ0n) is 11.8. The van der Waals surface area contributed by atoms with Gasteiger partial charge in [0, 0.05) is 23.9 Å². The SMILES string of the molecule is O=C1NCCc2c(NC3=CC(=O)N(CCO)C3=O)cccc21. The number of carbonyl (C=O) groups is 3. The standard InChI is InChI=1S/C15H15N3O4/c19-7-6-18-13(20)8-12(15(18)22)17-11-3-1-2-10-9(11)4-5-16-14(10)21/h1-3,8,17,19H,4-7H2,(H,16,21). The second-order valence-corrected chi connectivity index (χ2v) is 5.04. The van der Waals surface area contributed by atoms with Crippen LogP contribution in [0.5, 0.6) is 0 Å². The molecular weight excluding hydrogens is 286 g/mol. The first kappa shape index (κ1) is 14.3. The van der Waals surface area contributed by atoms with E-state index in [1.54, 1.807) is 18.2 Å². The molecule has 2 aliphatic rings. The highest BCUT2D eigenvalue weighted by Crippen LogP contribution is 2.25. The number of benzene rings is 1. The van der Waals surface area contributed by atoms with Gasteiger partial charge < -0.3 is 15.7 Å². The summed E-state index contributed by atoms with van der Waals surface area (Å²) >= 11 is 0. The summed E-state index contributed by atoms with van der Waals surface area (Å²) in [6.45, 7) is 0.223. The van der Waals surface area contributed by atoms with Gasteiger partial charge in [0.05, 0.1) is 13.2 Å². The van der Waals surface area contributed by atoms with Crippen LogP contribution in [0.1, 0.15) is 15.9 Å². The molecule has 2 aliphatic heterocycles. The summed E-state index contributed by atoms with van der Waals surface area (Å²) in [5.74, 6) is -1.07. The summed E-state index contributed by atoms with van der Waals surface area (Å²) in [6, 6.07) is 5.22. The van der Waals surface area contributed by atoms with E-state index in [1.165, 1.54) is 6.08 Å². The molecule has 114 valence electrons. The van der Waals surface area contributed by atoms with Crippen molar-refractivity contribution in [1.82, 2.24) is 10.2 Å². The Kier molecular flexibility index (Phi) is 3.64. The van der Waals surface area contributed by atoms with Crippen LogP contribution in [0.3, 0.4) is 0 Å². The number of hydrogen-bond donors (Lipinski definition) is 3. The highest BCUT2D eigenvalue weighted by atomic mass is 16.3. The van der Waals surface area contributed by atoms with Crippen molar-refractivity contribution in [2.45, 2.75) is 6.42 Å². The number of aliphatic hydroxyl groups excluding tert-OH is 1. The van der Waals surface area contributed by atoms with Crippen LogP contribution >= 0.6 is 0 Å². The molecule has 3 amide bonds. The molecule has 3 rings (SSSR count). The van der Waals surface area contributed by atoms with E-state index >= 15 is 0 Å². The van der Waals surface area contributed by atoms with Gasteiger partial charge in [-0.1, -0.05) is 6.07 Å². The third kappa shape index (κ3) is 2.35. The number of amides is 3. The lowest BCUT2D eigenvalue weighted by Gasteiger charge is -2.20. The van der Waals surface area contributed by atoms with Gasteiger partial charge in [0.15, 0.2) is 0 Å². The molecule has 7 nitrogen and oxygen atoms in total. The summed E-state index contributed by atoms with van der Waals surface area (Å²) in [5.41, 5.74) is 2.19. The molecule has 22 heavy (non-hydrogen) atoms. The van der Waals surface area contributed by atoms with Crippen LogP contribution in [0.15, 0.2) is 30.0 Å². The van der Waals surface area contributed by atoms with Crippen molar-refractivity contribution in [1.29, 1.82) is 0 Å². The molecule has 2 heterocycles. The van der Waals surface area contributed by atoms with Crippen LogP contribution < -0.4 is 10.6 Å². The maximum absolute atomic E-state index is 12.1. The molecule has 3 N–H and O–H groups in total. The Balaban J connectivity index is 1.87. The second kappa shape index (κ2) is 5.61. The molecule has 0 aliphatic carbocycles. The molecule has 0 radical (unpaired) electrons. The van der Waals surface area contributed by atoms with Crippen molar-refractivity contribution in [3.63, 3.8) is 0 Å². The van der Waals surface area contributed by atoms with Crippen molar-refractivity contribution in [3.8, 4) is 0 Å². The predicted octanol–water partition coefficient (Wildman–Crippen LogP) is -0.371. The minimum atomic E-state index is -0.475. The molecule has 0 aromatic heterocycles. The van der Waals surface area contributed by atoms with Crippen LogP contribution in [0, 0.1) is 0 Å². The number of fused-ring (bicyclic) bond motifs is 1. The Bertz CT molecular complexity index is 696. The monoisotopic (exact) mass is 301 g/mol. The fourth-order valence-electron chi connectivity index (χ4n) is 2.64. The Morgan fingerprint density at radius 2 is 2.09 bits per heavy atom. The maximum Gasteiger partial charge on any atom is 0.277 e. The quantitative estimate of drug-likeness (QED) is 0.659. The zero-order valence-corrected chi connectivity index (χ0v) is 11.8. The molecule has 1 aromatic carbocycles. The number of imide groups is 1. The third-order valence-corrected chi connectivity index (χ3v) is 3.68. The summed E-state index contributed by atoms with van der Waals surface area (Å²) < 4.78 is 0. The van der Waals surface area contributed by atoms with E-state index in [1.807, 2.05) is 0 Å². The number of β-amino-alcohol motifs (C(OH)–C–C–N with tert-alkyl or cyclic N) is 1. The van der Waals surface area contributed by atoms with E-state index in [-0.39, 0.29) is 24.8 Å². The topological polar surface area (TPSA) is 98.7 Å². The minimum absolute atomic E-state index is 0.0331. The van der Waals surface area contributed by atoms with Gasteiger partial charge in [0.25, 0.3) is 17.7 Å². The first-order valence-corrected chi connectivity index (χ1v) is 6.97. The van der Waals surface area contributed by atoms with E-state index in [2.05, 4.69) is 10.6 Å². The Labute approximate surface area is 126 Å². The maximum atomic E-state index is 12.1. The van der Waals surface area contributed by atoms with Crippen LogP contribution in [-0.4, -0.2) is 47.4 Å². The van der Waals surface area contributed by atoms with Crippen molar-refractivity contribution >= 4 is 23.4 Å². The van der Waals surface area contributed by atoms with Gasteiger partial charge in [-0.15, -0.1) is 0 Å². The Hall–Kier alpha value is -2.67. The summed E-state index contributed by atoms with van der Waals surface area (Å²) in [4.78, 5) is 36.7. The number of nitrogens with one attached hydrogen (secondary N) is 2. The van der Waals surface area contributed by atoms with Crippen molar-refractivity contribution in [3.05, 3.63) is 41.1 Å². The highest BCUT2D eigenvalue weighted by molar-refractivity contribution is 6.17. The lowest BCUT2D eigenvalue weighted by atomic mass is 9.98. The van der Waals surface area contributed by atoms with Crippen LogP contribution in [0.25, 0.3) is 0 Å². The lowest BCUT2D eigenvalue weighted by Crippen LogP contribution is -2.35. The summed E-state index contributed by atoms with van der Waals surface area (Å²) in [5, 5.41) is 14.6. The highest BCUT2D eigenvalue weighted by Gasteiger charge is 2.31. The van der Waals surface area contributed by atoms with Crippen LogP contribution in [-0.2, 0) is 16.0 Å². The van der Waals surface area contributed by atoms with Crippen LogP contribution in [0.4, 0.5) is 5.69 Å². The van der Waals surface area contributed by atoms with E-state index in [0.717, 1.165) is 10.5 Å². The number of aliphatic hydroxyl groups is 1. The summed E-state index contributed by atoms with van der Waals surface area (Å²) in [7, 11) is 0. The van der Waals surface area contributed by atoms with Crippen LogP contribution in [0.2, 0.25) is 0 Å². The van der Waals surface area contributed by atoms with Gasteiger partial charge in [0.1, 0.15) is 5.70 Å². The van der Waals surface area contributed by atoms with E-state index in [0.29, 0.717) is 24.2 Å². The molecule has 1 aromatic rings. The van der Waals surface area contributed by atoms with Crippen molar-refractivity contribution in [2.75, 3.05) is 25.0 Å². The number of nitrogens with zero attached hydrogens (tertiary/aromatic N) is 1. The van der Waals surface area contributed by atoms with E-state index < -0.39 is 11.8 Å². The number of hydrogen-bond acceptors (Lipinski definition) is 5. The third-order valence-electron chi connectivity index (χ3n) is 3.68. The minimum Gasteiger partial charge on any atom is -0.395 e. The molecule has 0 atom stereocenters. The lowest BCUT2D eigenvalue weighted by molar-refractivity contribution is -0.137. The van der Waals surface area contributed by atoms with Gasteiger partial charge >= 0.3 is 0 Å². The first-order valence-electron chi connectivity index (χ1n) is 6.97. The number of carbonyl (C=O) groups excluding carboxylic acids is 3. The average molecular weight is 301 g/mol. The fourth-order valence-corrected chi connectivity index (χ4v) is 2.64. The van der Waals surface area contributed by atoms with Crippen molar-refractivity contribution in [2.24, 2.45) is 0 Å². The molecular formula is C15H15N3O4. The molecule has 0 bridgehead atoms. The Morgan fingerprint density at radius 1 is 1.27 bits per heavy atom. The zero-order chi connectivity index (χ0) is 15.7. The molecule has 0 spiro atoms. The van der Waals surface area contributed by atoms with Crippen molar-refractivity contribution < 1.29 is 19.5 Å². The average Bonchev–Trinajstić information content (AvgIpc) is 2.76. The summed E-state index contributed by atoms with van der Waals surface area (Å²) in [6.07, 6.45) is 1.86. The molecule has 0 unspecified atom stereocenters. The number of anilines is 1. The van der Waals surface area contributed by atoms with Gasteiger partial charge in [-0.05, 0) is 24.1 Å². The molecule has 0 fully saturated rings. The normalized spacial score (nSPS) is 17.2. The van der Waals surface area contributed by atoms with E-state index in [4.69, 9.17) is 5.11 Å². The smallest absolute Gasteiger partial charge is 0.277 e. The van der Waals surface area contributed by atoms with Gasteiger partial charge in [-0.25, -0.2) is 0 Å². The van der Waals surface area contributed by atoms with Gasteiger partial charge in [-0.3, -0.25) is 19.3 Å². The van der Waals surface area contributed by atoms with Gasteiger partial charge in [-0.2, -0.15) is 0 Å². The predicted molar refractivity (Wildman–Crippen MR) is 78.0 cm³/mol. The Morgan fingerprint density at radius 3 is 2.86 bits per heavy atom.